The highest BCUT2D eigenvalue weighted by Crippen LogP contribution is 2.32. The molecule has 0 aromatic heterocycles. The Morgan fingerprint density at radius 2 is 2.35 bits per heavy atom. The number of nitrogens with one attached hydrogen (secondary N) is 1. The highest BCUT2D eigenvalue weighted by Gasteiger charge is 2.16. The van der Waals surface area contributed by atoms with Gasteiger partial charge in [-0.25, -0.2) is 0 Å². The molecule has 0 unspecified atom stereocenters. The van der Waals surface area contributed by atoms with E-state index in [1.54, 1.807) is 12.1 Å². The molecule has 0 radical (unpaired) electrons. The van der Waals surface area contributed by atoms with Crippen LogP contribution in [0.4, 0.5) is 5.69 Å². The average Bonchev–Trinajstić information content (AvgIpc) is 2.35. The van der Waals surface area contributed by atoms with Gasteiger partial charge in [0.15, 0.2) is 5.78 Å². The van der Waals surface area contributed by atoms with Crippen molar-refractivity contribution in [3.05, 3.63) is 23.8 Å². The molecule has 0 aliphatic carbocycles. The number of carbonyl (C=O) groups excluding carboxylic acids is 2. The summed E-state index contributed by atoms with van der Waals surface area (Å²) in [7, 11) is 0. The number of Topliss-reactive ketones (excluding diaryl/α,β-unsaturated/α-hetero) is 1. The lowest BCUT2D eigenvalue weighted by Crippen LogP contribution is -2.19. The molecular weight excluding hydrogens is 236 g/mol. The number of ketones is 1. The number of benzene rings is 1. The maximum absolute atomic E-state index is 11.7. The van der Waals surface area contributed by atoms with Gasteiger partial charge in [0, 0.05) is 23.3 Å². The summed E-state index contributed by atoms with van der Waals surface area (Å²) in [6.45, 7) is 0. The average molecular weight is 246 g/mol. The van der Waals surface area contributed by atoms with Gasteiger partial charge >= 0.3 is 0 Å². The van der Waals surface area contributed by atoms with Gasteiger partial charge in [0.05, 0.1) is 17.5 Å². The zero-order valence-electron chi connectivity index (χ0n) is 9.03. The normalized spacial score (nSPS) is 13.5. The quantitative estimate of drug-likeness (QED) is 0.830. The lowest BCUT2D eigenvalue weighted by molar-refractivity contribution is -0.113. The van der Waals surface area contributed by atoms with E-state index < -0.39 is 0 Å². The van der Waals surface area contributed by atoms with Crippen LogP contribution in [-0.2, 0) is 4.79 Å². The minimum Gasteiger partial charge on any atom is -0.324 e. The first-order valence-corrected chi connectivity index (χ1v) is 6.16. The van der Waals surface area contributed by atoms with Crippen LogP contribution in [0.3, 0.4) is 0 Å². The van der Waals surface area contributed by atoms with Gasteiger partial charge in [-0.05, 0) is 12.1 Å². The number of nitrogens with zero attached hydrogens (tertiary/aromatic N) is 1. The summed E-state index contributed by atoms with van der Waals surface area (Å²) in [4.78, 5) is 23.9. The molecule has 0 bridgehead atoms. The summed E-state index contributed by atoms with van der Waals surface area (Å²) < 4.78 is 0. The van der Waals surface area contributed by atoms with E-state index in [1.807, 2.05) is 12.1 Å². The van der Waals surface area contributed by atoms with Gasteiger partial charge < -0.3 is 5.32 Å². The van der Waals surface area contributed by atoms with Crippen molar-refractivity contribution >= 4 is 29.1 Å². The lowest BCUT2D eigenvalue weighted by atomic mass is 10.1. The van der Waals surface area contributed by atoms with E-state index in [-0.39, 0.29) is 24.5 Å². The molecule has 0 saturated carbocycles. The topological polar surface area (TPSA) is 70.0 Å². The first-order chi connectivity index (χ1) is 8.20. The van der Waals surface area contributed by atoms with Crippen molar-refractivity contribution in [2.75, 3.05) is 11.1 Å². The first-order valence-electron chi connectivity index (χ1n) is 5.17. The smallest absolute Gasteiger partial charge is 0.234 e. The minimum absolute atomic E-state index is 0.0517. The van der Waals surface area contributed by atoms with Crippen molar-refractivity contribution < 1.29 is 9.59 Å². The Balaban J connectivity index is 2.21. The lowest BCUT2D eigenvalue weighted by Gasteiger charge is -2.16. The molecule has 0 spiro atoms. The van der Waals surface area contributed by atoms with Gasteiger partial charge in [0.1, 0.15) is 0 Å². The fraction of sp³-hybridized carbons (Fsp3) is 0.250. The van der Waals surface area contributed by atoms with E-state index in [0.717, 1.165) is 4.90 Å². The van der Waals surface area contributed by atoms with Crippen LogP contribution in [0.1, 0.15) is 23.2 Å². The number of fused-ring (bicyclic) bond motifs is 1. The number of hydrogen-bond acceptors (Lipinski definition) is 4. The fourth-order valence-corrected chi connectivity index (χ4v) is 2.36. The Labute approximate surface area is 103 Å². The molecular formula is C12H10N2O2S. The molecule has 1 heterocycles. The third kappa shape index (κ3) is 2.66. The Morgan fingerprint density at radius 1 is 1.53 bits per heavy atom. The molecule has 1 aliphatic rings. The van der Waals surface area contributed by atoms with Gasteiger partial charge in [0.2, 0.25) is 5.91 Å². The largest absolute Gasteiger partial charge is 0.324 e. The van der Waals surface area contributed by atoms with Crippen LogP contribution in [0.2, 0.25) is 0 Å². The molecule has 1 aliphatic heterocycles. The monoisotopic (exact) mass is 246 g/mol. The molecule has 1 aromatic rings. The van der Waals surface area contributed by atoms with Gasteiger partial charge in [-0.15, -0.1) is 11.8 Å². The molecule has 5 heteroatoms. The summed E-state index contributed by atoms with van der Waals surface area (Å²) in [5, 5.41) is 11.2. The third-order valence-corrected chi connectivity index (χ3v) is 3.47. The molecule has 2 rings (SSSR count). The second-order valence-corrected chi connectivity index (χ2v) is 4.65. The van der Waals surface area contributed by atoms with E-state index in [1.165, 1.54) is 11.8 Å². The van der Waals surface area contributed by atoms with Gasteiger partial charge in [-0.2, -0.15) is 5.26 Å². The zero-order valence-corrected chi connectivity index (χ0v) is 9.84. The van der Waals surface area contributed by atoms with Crippen molar-refractivity contribution in [2.45, 2.75) is 17.7 Å². The van der Waals surface area contributed by atoms with Crippen molar-refractivity contribution in [1.29, 1.82) is 5.26 Å². The summed E-state index contributed by atoms with van der Waals surface area (Å²) in [5.41, 5.74) is 1.23. The second kappa shape index (κ2) is 5.02. The Kier molecular flexibility index (Phi) is 3.45. The van der Waals surface area contributed by atoms with Crippen LogP contribution in [0.25, 0.3) is 0 Å². The van der Waals surface area contributed by atoms with Crippen molar-refractivity contribution in [3.63, 3.8) is 0 Å². The summed E-state index contributed by atoms with van der Waals surface area (Å²) >= 11 is 1.46. The number of nitriles is 1. The van der Waals surface area contributed by atoms with E-state index in [0.29, 0.717) is 17.0 Å². The highest BCUT2D eigenvalue weighted by atomic mass is 32.2. The molecule has 0 fully saturated rings. The molecule has 0 saturated heterocycles. The minimum atomic E-state index is -0.0702. The predicted octanol–water partition coefficient (Wildman–Crippen LogP) is 2.22. The fourth-order valence-electron chi connectivity index (χ4n) is 1.57. The number of anilines is 1. The summed E-state index contributed by atoms with van der Waals surface area (Å²) in [5.74, 6) is 0.289. The van der Waals surface area contributed by atoms with Crippen LogP contribution >= 0.6 is 11.8 Å². The standard InChI is InChI=1S/C12H10N2O2S/c13-5-1-2-10(15)8-3-4-11-9(6-8)14-12(16)7-17-11/h3-4,6H,1-2,7H2,(H,14,16). The van der Waals surface area contributed by atoms with Crippen LogP contribution in [0, 0.1) is 11.3 Å². The Morgan fingerprint density at radius 3 is 3.12 bits per heavy atom. The number of hydrogen-bond donors (Lipinski definition) is 1. The zero-order chi connectivity index (χ0) is 12.3. The van der Waals surface area contributed by atoms with E-state index in [9.17, 15) is 9.59 Å². The first kappa shape index (κ1) is 11.7. The molecule has 4 nitrogen and oxygen atoms in total. The van der Waals surface area contributed by atoms with Crippen LogP contribution in [-0.4, -0.2) is 17.4 Å². The predicted molar refractivity (Wildman–Crippen MR) is 65.0 cm³/mol. The highest BCUT2D eigenvalue weighted by molar-refractivity contribution is 8.00. The van der Waals surface area contributed by atoms with Gasteiger partial charge in [-0.3, -0.25) is 9.59 Å². The van der Waals surface area contributed by atoms with Gasteiger partial charge in [-0.1, -0.05) is 6.07 Å². The van der Waals surface area contributed by atoms with Crippen molar-refractivity contribution in [1.82, 2.24) is 0 Å². The van der Waals surface area contributed by atoms with Crippen LogP contribution < -0.4 is 5.32 Å². The molecule has 1 N–H and O–H groups in total. The molecule has 17 heavy (non-hydrogen) atoms. The van der Waals surface area contributed by atoms with E-state index in [2.05, 4.69) is 5.32 Å². The summed E-state index contributed by atoms with van der Waals surface area (Å²) in [6, 6.07) is 7.19. The number of amides is 1. The van der Waals surface area contributed by atoms with Crippen molar-refractivity contribution in [3.8, 4) is 6.07 Å². The SMILES string of the molecule is N#CCCC(=O)c1ccc2c(c1)NC(=O)CS2. The Hall–Kier alpha value is -1.80. The molecule has 1 aromatic carbocycles. The summed E-state index contributed by atoms with van der Waals surface area (Å²) in [6.07, 6.45) is 0.438. The number of carbonyl (C=O) groups is 2. The third-order valence-electron chi connectivity index (χ3n) is 2.40. The molecule has 0 atom stereocenters. The maximum atomic E-state index is 11.7. The molecule has 86 valence electrons. The molecule has 1 amide bonds. The Bertz CT molecular complexity index is 520. The van der Waals surface area contributed by atoms with E-state index >= 15 is 0 Å². The van der Waals surface area contributed by atoms with Crippen molar-refractivity contribution in [2.24, 2.45) is 0 Å². The second-order valence-electron chi connectivity index (χ2n) is 3.63. The van der Waals surface area contributed by atoms with Gasteiger partial charge in [0.25, 0.3) is 0 Å². The maximum Gasteiger partial charge on any atom is 0.234 e. The number of thioether (sulfide) groups is 1. The van der Waals surface area contributed by atoms with Crippen LogP contribution in [0.15, 0.2) is 23.1 Å². The van der Waals surface area contributed by atoms with E-state index in [4.69, 9.17) is 5.26 Å². The van der Waals surface area contributed by atoms with Crippen LogP contribution in [0.5, 0.6) is 0 Å². The number of rotatable bonds is 3.